The van der Waals surface area contributed by atoms with E-state index in [1.54, 1.807) is 0 Å². The maximum absolute atomic E-state index is 5.94. The summed E-state index contributed by atoms with van der Waals surface area (Å²) in [6.07, 6.45) is 3.75. The maximum atomic E-state index is 5.94. The lowest BCUT2D eigenvalue weighted by atomic mass is 9.70. The third kappa shape index (κ3) is 10.1. The van der Waals surface area contributed by atoms with E-state index in [2.05, 4.69) is 404 Å². The van der Waals surface area contributed by atoms with Gasteiger partial charge < -0.3 is 0 Å². The molecule has 25 rings (SSSR count). The second-order valence-corrected chi connectivity index (χ2v) is 34.0. The van der Waals surface area contributed by atoms with Gasteiger partial charge in [0.15, 0.2) is 0 Å². The fourth-order valence-electron chi connectivity index (χ4n) is 22.9. The molecule has 0 amide bonds. The van der Waals surface area contributed by atoms with Crippen LogP contribution in [0, 0.1) is 0 Å². The zero-order valence-corrected chi connectivity index (χ0v) is 68.6. The van der Waals surface area contributed by atoms with Gasteiger partial charge in [0.2, 0.25) is 0 Å². The van der Waals surface area contributed by atoms with Crippen LogP contribution in [0.15, 0.2) is 388 Å². The monoisotopic (exact) mass is 1560 g/mol. The number of fused-ring (bicyclic) bond motifs is 28. The van der Waals surface area contributed by atoms with E-state index in [9.17, 15) is 0 Å². The first-order chi connectivity index (χ1) is 60.2. The zero-order valence-electron chi connectivity index (χ0n) is 68.6. The van der Waals surface area contributed by atoms with Crippen molar-refractivity contribution in [3.63, 3.8) is 0 Å². The molecule has 0 radical (unpaired) electrons. The van der Waals surface area contributed by atoms with Crippen LogP contribution in [0.4, 0.5) is 0 Å². The van der Waals surface area contributed by atoms with Crippen LogP contribution in [0.25, 0.3) is 167 Å². The highest BCUT2D eigenvalue weighted by molar-refractivity contribution is 6.04. The minimum Gasteiger partial charge on any atom is -0.248 e. The molecule has 2 spiro atoms. The Kier molecular flexibility index (Phi) is 16.1. The van der Waals surface area contributed by atoms with E-state index >= 15 is 0 Å². The third-order valence-electron chi connectivity index (χ3n) is 28.7. The van der Waals surface area contributed by atoms with Gasteiger partial charge in [-0.2, -0.15) is 0 Å². The summed E-state index contributed by atoms with van der Waals surface area (Å²) in [7, 11) is 0. The molecule has 0 atom stereocenters. The maximum Gasteiger partial charge on any atom is 0.0934 e. The molecule has 576 valence electrons. The van der Waals surface area contributed by atoms with Crippen molar-refractivity contribution in [2.45, 2.75) is 75.0 Å². The third-order valence-corrected chi connectivity index (χ3v) is 28.7. The zero-order chi connectivity index (χ0) is 81.2. The SMILES string of the molecule is CCC1(CC)c2cc(-c3ccc4c(c3)C3(c5ccccc5-c5ccccc53)c3ccccc3-4)ccc2-c2nc3c(nc21)-c1ccc(-c2ccc4c(c2)C2(c5ccccc5-c5ccccc52)c2ccccc2-4)cc1C3(CC)CC.c1ccc(-c2cc(-c3ccccc3)c3cc(-c4ccc5nc(-c6ccccc6)cc(-c6ccccc6)c5c4)ccc3n2)cc1. The second-order valence-electron chi connectivity index (χ2n) is 34.0. The topological polar surface area (TPSA) is 51.6 Å². The molecule has 3 aromatic heterocycles. The summed E-state index contributed by atoms with van der Waals surface area (Å²) in [4.78, 5) is 22.1. The van der Waals surface area contributed by atoms with Gasteiger partial charge in [0.25, 0.3) is 0 Å². The number of aromatic nitrogens is 4. The smallest absolute Gasteiger partial charge is 0.0934 e. The molecule has 0 fully saturated rings. The van der Waals surface area contributed by atoms with Gasteiger partial charge in [-0.05, 0) is 242 Å². The minimum absolute atomic E-state index is 0.278. The summed E-state index contributed by atoms with van der Waals surface area (Å²) in [5, 5.41) is 2.27. The normalized spacial score (nSPS) is 14.3. The fraction of sp³-hybridized carbons (Fsp3) is 0.102. The molecule has 4 nitrogen and oxygen atoms in total. The molecule has 6 aliphatic carbocycles. The summed E-state index contributed by atoms with van der Waals surface area (Å²) < 4.78 is 0. The molecular weight excluding hydrogens is 1470 g/mol. The quantitative estimate of drug-likeness (QED) is 0.129. The van der Waals surface area contributed by atoms with Gasteiger partial charge in [0, 0.05) is 43.9 Å². The van der Waals surface area contributed by atoms with Gasteiger partial charge in [-0.15, -0.1) is 0 Å². The van der Waals surface area contributed by atoms with Crippen LogP contribution in [0.5, 0.6) is 0 Å². The van der Waals surface area contributed by atoms with Gasteiger partial charge in [0.05, 0.1) is 56.0 Å². The van der Waals surface area contributed by atoms with E-state index in [-0.39, 0.29) is 21.7 Å². The average molecular weight is 1560 g/mol. The summed E-state index contributed by atoms with van der Waals surface area (Å²) >= 11 is 0. The van der Waals surface area contributed by atoms with Crippen LogP contribution in [-0.2, 0) is 21.7 Å². The summed E-state index contributed by atoms with van der Waals surface area (Å²) in [5.41, 5.74) is 48.0. The van der Waals surface area contributed by atoms with Crippen molar-refractivity contribution in [2.75, 3.05) is 0 Å². The van der Waals surface area contributed by atoms with Crippen LogP contribution in [0.2, 0.25) is 0 Å². The summed E-state index contributed by atoms with van der Waals surface area (Å²) in [5.74, 6) is 0. The lowest BCUT2D eigenvalue weighted by molar-refractivity contribution is 0.466. The first-order valence-corrected chi connectivity index (χ1v) is 43.5. The van der Waals surface area contributed by atoms with Crippen LogP contribution in [0.3, 0.4) is 0 Å². The Morgan fingerprint density at radius 3 is 0.730 bits per heavy atom. The lowest BCUT2D eigenvalue weighted by Crippen LogP contribution is -2.27. The predicted molar refractivity (Wildman–Crippen MR) is 503 cm³/mol. The molecule has 6 aliphatic rings. The highest BCUT2D eigenvalue weighted by atomic mass is 14.9. The average Bonchev–Trinajstić information content (AvgIpc) is 1.51. The molecule has 3 heterocycles. The van der Waals surface area contributed by atoms with Gasteiger partial charge in [-0.3, -0.25) is 0 Å². The number of nitrogens with zero attached hydrogens (tertiary/aromatic N) is 4. The molecule has 4 heteroatoms. The molecule has 0 unspecified atom stereocenters. The molecule has 0 bridgehead atoms. The molecule has 0 saturated carbocycles. The van der Waals surface area contributed by atoms with E-state index in [0.29, 0.717) is 0 Å². The Hall–Kier alpha value is -14.6. The summed E-state index contributed by atoms with van der Waals surface area (Å²) in [6.45, 7) is 9.44. The Morgan fingerprint density at radius 1 is 0.180 bits per heavy atom. The minimum atomic E-state index is -0.388. The van der Waals surface area contributed by atoms with Crippen molar-refractivity contribution in [1.29, 1.82) is 0 Å². The standard InChI is InChI=1S/C76H56N2.C42H28N2/c1-5-73(6-2)65-41-45(47-33-37-55-53-25-13-19-31-63(53)75(67(55)43-47)59-27-15-9-21-49(59)50-22-10-16-28-60(50)75)35-39-57(65)69-71(73)77-70-58-40-36-46(42-66(58)74(7-3,8-4)72(70)78-69)48-34-38-56-54-26-14-20-32-64(54)76(68(56)44-48)61-29-17-11-23-51(61)52-24-12-18-30-62(52)76;1-5-13-29(14-6-1)35-27-41(31-17-9-3-10-18-31)43-39-23-21-33(25-37(35)39)34-22-24-40-38(26-34)36(30-15-7-2-8-16-30)28-42(44-40)32-19-11-4-12-20-32/h9-44H,5-8H2,1-4H3;1-28H. The van der Waals surface area contributed by atoms with Crippen molar-refractivity contribution >= 4 is 21.8 Å². The molecular formula is C118H84N4. The van der Waals surface area contributed by atoms with Crippen molar-refractivity contribution in [2.24, 2.45) is 0 Å². The van der Waals surface area contributed by atoms with E-state index in [4.69, 9.17) is 19.9 Å². The fourth-order valence-corrected chi connectivity index (χ4v) is 22.9. The van der Waals surface area contributed by atoms with Crippen molar-refractivity contribution in [3.8, 4) is 145 Å². The highest BCUT2D eigenvalue weighted by Gasteiger charge is 2.55. The van der Waals surface area contributed by atoms with Crippen molar-refractivity contribution < 1.29 is 0 Å². The van der Waals surface area contributed by atoms with Crippen molar-refractivity contribution in [1.82, 2.24) is 19.9 Å². The van der Waals surface area contributed by atoms with Gasteiger partial charge in [0.1, 0.15) is 0 Å². The van der Waals surface area contributed by atoms with Crippen LogP contribution < -0.4 is 0 Å². The molecule has 0 aliphatic heterocycles. The van der Waals surface area contributed by atoms with Crippen molar-refractivity contribution in [3.05, 3.63) is 455 Å². The van der Waals surface area contributed by atoms with Crippen LogP contribution in [0.1, 0.15) is 120 Å². The Balaban J connectivity index is 0.000000162. The largest absolute Gasteiger partial charge is 0.248 e. The first-order valence-electron chi connectivity index (χ1n) is 43.5. The molecule has 19 aromatic rings. The number of benzene rings is 16. The van der Waals surface area contributed by atoms with Gasteiger partial charge in [-0.25, -0.2) is 19.9 Å². The van der Waals surface area contributed by atoms with E-state index < -0.39 is 0 Å². The van der Waals surface area contributed by atoms with E-state index in [0.717, 1.165) is 104 Å². The Bertz CT molecular complexity index is 6980. The second kappa shape index (κ2) is 27.5. The molecule has 122 heavy (non-hydrogen) atoms. The number of pyridine rings is 2. The highest BCUT2D eigenvalue weighted by Crippen LogP contribution is 2.66. The van der Waals surface area contributed by atoms with Crippen LogP contribution in [-0.4, -0.2) is 19.9 Å². The van der Waals surface area contributed by atoms with Gasteiger partial charge >= 0.3 is 0 Å². The Morgan fingerprint density at radius 2 is 0.426 bits per heavy atom. The predicted octanol–water partition coefficient (Wildman–Crippen LogP) is 29.8. The first kappa shape index (κ1) is 71.5. The molecule has 0 N–H and O–H groups in total. The number of rotatable bonds is 11. The Labute approximate surface area is 712 Å². The lowest BCUT2D eigenvalue weighted by Gasteiger charge is -2.31. The van der Waals surface area contributed by atoms with E-state index in [1.165, 1.54) is 156 Å². The van der Waals surface area contributed by atoms with Crippen LogP contribution >= 0.6 is 0 Å². The van der Waals surface area contributed by atoms with E-state index in [1.807, 2.05) is 12.1 Å². The van der Waals surface area contributed by atoms with Gasteiger partial charge in [-0.1, -0.05) is 355 Å². The molecule has 0 saturated heterocycles. The summed E-state index contributed by atoms with van der Waals surface area (Å²) in [6, 6.07) is 143. The molecule has 16 aromatic carbocycles. The number of hydrogen-bond acceptors (Lipinski definition) is 4. The number of hydrogen-bond donors (Lipinski definition) is 0.